The van der Waals surface area contributed by atoms with E-state index in [-0.39, 0.29) is 16.4 Å². The normalized spacial score (nSPS) is 11.1. The molecule has 3 aromatic rings. The zero-order valence-electron chi connectivity index (χ0n) is 15.4. The Kier molecular flexibility index (Phi) is 5.86. The molecule has 0 fully saturated rings. The van der Waals surface area contributed by atoms with Crippen LogP contribution in [0.5, 0.6) is 0 Å². The van der Waals surface area contributed by atoms with Crippen LogP contribution in [0.3, 0.4) is 0 Å². The second-order valence-corrected chi connectivity index (χ2v) is 8.89. The van der Waals surface area contributed by atoms with Crippen molar-refractivity contribution in [3.05, 3.63) is 87.9 Å². The Morgan fingerprint density at radius 1 is 0.929 bits per heavy atom. The monoisotopic (exact) mass is 458 g/mol. The molecule has 3 aromatic carbocycles. The molecule has 3 rings (SSSR count). The maximum Gasteiger partial charge on any atom is 0.262 e. The van der Waals surface area contributed by atoms with Crippen molar-refractivity contribution in [2.24, 2.45) is 0 Å². The molecule has 1 amide bonds. The van der Waals surface area contributed by atoms with Gasteiger partial charge in [-0.2, -0.15) is 0 Å². The third-order valence-electron chi connectivity index (χ3n) is 4.13. The van der Waals surface area contributed by atoms with Gasteiger partial charge in [0.25, 0.3) is 15.9 Å². The Bertz CT molecular complexity index is 1140. The Morgan fingerprint density at radius 3 is 2.39 bits per heavy atom. The van der Waals surface area contributed by atoms with Crippen LogP contribution in [0.15, 0.2) is 76.1 Å². The number of hydrogen-bond donors (Lipinski definition) is 2. The van der Waals surface area contributed by atoms with Crippen LogP contribution < -0.4 is 10.0 Å². The van der Waals surface area contributed by atoms with Gasteiger partial charge in [0.05, 0.1) is 10.6 Å². The van der Waals surface area contributed by atoms with Crippen LogP contribution in [-0.4, -0.2) is 14.3 Å². The van der Waals surface area contributed by atoms with Crippen molar-refractivity contribution in [2.45, 2.75) is 18.7 Å². The lowest BCUT2D eigenvalue weighted by atomic mass is 10.1. The fourth-order valence-corrected chi connectivity index (χ4v) is 4.41. The standard InChI is InChI=1S/C21H19BrN2O3S/c1-14-6-5-7-17(12-14)24-28(26,27)20-13-16(11-10-15(20)2)21(25)23-19-9-4-3-8-18(19)22/h3-13,24H,1-2H3,(H,23,25). The Hall–Kier alpha value is -2.64. The van der Waals surface area contributed by atoms with Gasteiger partial charge >= 0.3 is 0 Å². The number of rotatable bonds is 5. The van der Waals surface area contributed by atoms with E-state index in [0.29, 0.717) is 16.9 Å². The molecule has 5 nitrogen and oxygen atoms in total. The van der Waals surface area contributed by atoms with Gasteiger partial charge < -0.3 is 5.32 Å². The minimum atomic E-state index is -3.84. The number of nitrogens with one attached hydrogen (secondary N) is 2. The van der Waals surface area contributed by atoms with Crippen molar-refractivity contribution in [2.75, 3.05) is 10.0 Å². The van der Waals surface area contributed by atoms with Crippen molar-refractivity contribution in [1.82, 2.24) is 0 Å². The molecular weight excluding hydrogens is 440 g/mol. The topological polar surface area (TPSA) is 75.3 Å². The number of hydrogen-bond acceptors (Lipinski definition) is 3. The van der Waals surface area contributed by atoms with Gasteiger partial charge in [0.15, 0.2) is 0 Å². The summed E-state index contributed by atoms with van der Waals surface area (Å²) in [6.45, 7) is 3.58. The van der Waals surface area contributed by atoms with E-state index in [1.54, 1.807) is 49.4 Å². The van der Waals surface area contributed by atoms with Gasteiger partial charge in [0.1, 0.15) is 0 Å². The van der Waals surface area contributed by atoms with E-state index in [1.165, 1.54) is 6.07 Å². The van der Waals surface area contributed by atoms with E-state index in [1.807, 2.05) is 25.1 Å². The predicted octanol–water partition coefficient (Wildman–Crippen LogP) is 5.12. The summed E-state index contributed by atoms with van der Waals surface area (Å²) in [6, 6.07) is 18.9. The first-order valence-corrected chi connectivity index (χ1v) is 10.8. The number of anilines is 2. The number of para-hydroxylation sites is 1. The molecule has 0 unspecified atom stereocenters. The molecule has 28 heavy (non-hydrogen) atoms. The summed E-state index contributed by atoms with van der Waals surface area (Å²) >= 11 is 3.38. The largest absolute Gasteiger partial charge is 0.321 e. The van der Waals surface area contributed by atoms with Crippen molar-refractivity contribution >= 4 is 43.2 Å². The SMILES string of the molecule is Cc1cccc(NS(=O)(=O)c2cc(C(=O)Nc3ccccc3Br)ccc2C)c1. The van der Waals surface area contributed by atoms with Gasteiger partial charge in [-0.1, -0.05) is 30.3 Å². The second-order valence-electron chi connectivity index (χ2n) is 6.39. The number of benzene rings is 3. The van der Waals surface area contributed by atoms with Crippen molar-refractivity contribution in [1.29, 1.82) is 0 Å². The average Bonchev–Trinajstić information content (AvgIpc) is 2.63. The summed E-state index contributed by atoms with van der Waals surface area (Å²) < 4.78 is 29.1. The summed E-state index contributed by atoms with van der Waals surface area (Å²) in [7, 11) is -3.84. The fourth-order valence-electron chi connectivity index (χ4n) is 2.71. The highest BCUT2D eigenvalue weighted by molar-refractivity contribution is 9.10. The molecule has 0 aliphatic carbocycles. The molecule has 0 heterocycles. The highest BCUT2D eigenvalue weighted by atomic mass is 79.9. The molecule has 0 bridgehead atoms. The zero-order valence-corrected chi connectivity index (χ0v) is 17.8. The second kappa shape index (κ2) is 8.16. The maximum absolute atomic E-state index is 12.9. The molecule has 0 atom stereocenters. The van der Waals surface area contributed by atoms with Crippen LogP contribution in [-0.2, 0) is 10.0 Å². The fraction of sp³-hybridized carbons (Fsp3) is 0.0952. The number of carbonyl (C=O) groups is 1. The molecule has 144 valence electrons. The lowest BCUT2D eigenvalue weighted by Gasteiger charge is -2.13. The van der Waals surface area contributed by atoms with Crippen LogP contribution in [0, 0.1) is 13.8 Å². The molecule has 0 spiro atoms. The molecule has 0 saturated carbocycles. The molecular formula is C21H19BrN2O3S. The lowest BCUT2D eigenvalue weighted by Crippen LogP contribution is -2.17. The summed E-state index contributed by atoms with van der Waals surface area (Å²) in [5, 5.41) is 2.78. The number of sulfonamides is 1. The maximum atomic E-state index is 12.9. The predicted molar refractivity (Wildman–Crippen MR) is 115 cm³/mol. The first-order chi connectivity index (χ1) is 13.3. The highest BCUT2D eigenvalue weighted by Gasteiger charge is 2.20. The van der Waals surface area contributed by atoms with Crippen LogP contribution in [0.4, 0.5) is 11.4 Å². The average molecular weight is 459 g/mol. The first-order valence-electron chi connectivity index (χ1n) is 8.52. The third-order valence-corrected chi connectivity index (χ3v) is 6.35. The zero-order chi connectivity index (χ0) is 20.3. The van der Waals surface area contributed by atoms with Gasteiger partial charge in [-0.3, -0.25) is 9.52 Å². The molecule has 7 heteroatoms. The molecule has 0 aliphatic heterocycles. The molecule has 0 radical (unpaired) electrons. The van der Waals surface area contributed by atoms with E-state index < -0.39 is 10.0 Å². The Morgan fingerprint density at radius 2 is 1.68 bits per heavy atom. The lowest BCUT2D eigenvalue weighted by molar-refractivity contribution is 0.102. The molecule has 0 aliphatic rings. The Balaban J connectivity index is 1.90. The number of carbonyl (C=O) groups excluding carboxylic acids is 1. The van der Waals surface area contributed by atoms with Gasteiger partial charge in [0, 0.05) is 15.7 Å². The van der Waals surface area contributed by atoms with Gasteiger partial charge in [-0.05, 0) is 77.3 Å². The van der Waals surface area contributed by atoms with Crippen LogP contribution in [0.2, 0.25) is 0 Å². The Labute approximate surface area is 173 Å². The first kappa shape index (κ1) is 20.1. The summed E-state index contributed by atoms with van der Waals surface area (Å²) in [5.74, 6) is -0.390. The molecule has 0 aromatic heterocycles. The minimum absolute atomic E-state index is 0.0637. The molecule has 2 N–H and O–H groups in total. The van der Waals surface area contributed by atoms with E-state index >= 15 is 0 Å². The number of halogens is 1. The summed E-state index contributed by atoms with van der Waals surface area (Å²) in [6.07, 6.45) is 0. The van der Waals surface area contributed by atoms with Crippen molar-refractivity contribution < 1.29 is 13.2 Å². The van der Waals surface area contributed by atoms with Crippen LogP contribution >= 0.6 is 15.9 Å². The van der Waals surface area contributed by atoms with E-state index in [2.05, 4.69) is 26.0 Å². The summed E-state index contributed by atoms with van der Waals surface area (Å²) in [5.41, 5.74) is 2.83. The highest BCUT2D eigenvalue weighted by Crippen LogP contribution is 2.24. The third kappa shape index (κ3) is 4.61. The van der Waals surface area contributed by atoms with Gasteiger partial charge in [-0.15, -0.1) is 0 Å². The van der Waals surface area contributed by atoms with E-state index in [9.17, 15) is 13.2 Å². The quantitative estimate of drug-likeness (QED) is 0.556. The minimum Gasteiger partial charge on any atom is -0.321 e. The number of aryl methyl sites for hydroxylation is 2. The number of amides is 1. The van der Waals surface area contributed by atoms with E-state index in [0.717, 1.165) is 10.0 Å². The van der Waals surface area contributed by atoms with Crippen LogP contribution in [0.1, 0.15) is 21.5 Å². The van der Waals surface area contributed by atoms with E-state index in [4.69, 9.17) is 0 Å². The summed E-state index contributed by atoms with van der Waals surface area (Å²) in [4.78, 5) is 12.7. The van der Waals surface area contributed by atoms with Gasteiger partial charge in [0.2, 0.25) is 0 Å². The van der Waals surface area contributed by atoms with Gasteiger partial charge in [-0.25, -0.2) is 8.42 Å². The molecule has 0 saturated heterocycles. The van der Waals surface area contributed by atoms with Crippen molar-refractivity contribution in [3.63, 3.8) is 0 Å². The smallest absolute Gasteiger partial charge is 0.262 e. The van der Waals surface area contributed by atoms with Crippen molar-refractivity contribution in [3.8, 4) is 0 Å². The van der Waals surface area contributed by atoms with Crippen LogP contribution in [0.25, 0.3) is 0 Å².